The quantitative estimate of drug-likeness (QED) is 0.509. The molecule has 0 bridgehead atoms. The maximum atomic E-state index is 2.48. The van der Waals surface area contributed by atoms with Crippen molar-refractivity contribution in [1.82, 2.24) is 0 Å². The maximum absolute atomic E-state index is 2.48. The zero-order chi connectivity index (χ0) is 19.9. The molecule has 2 aliphatic carbocycles. The van der Waals surface area contributed by atoms with Crippen molar-refractivity contribution in [2.45, 2.75) is 61.4 Å². The van der Waals surface area contributed by atoms with Crippen molar-refractivity contribution in [2.24, 2.45) is 11.8 Å². The van der Waals surface area contributed by atoms with E-state index in [4.69, 9.17) is 0 Å². The second-order valence-electron chi connectivity index (χ2n) is 8.44. The Hall–Kier alpha value is -0.140. The molecule has 0 N–H and O–H groups in total. The molecule has 2 unspecified atom stereocenters. The molecule has 3 rings (SSSR count). The van der Waals surface area contributed by atoms with Crippen molar-refractivity contribution in [2.75, 3.05) is 0 Å². The van der Waals surface area contributed by atoms with Crippen LogP contribution in [-0.4, -0.2) is 6.16 Å². The average Bonchev–Trinajstić information content (AvgIpc) is 2.98. The van der Waals surface area contributed by atoms with Gasteiger partial charge < -0.3 is 24.8 Å². The van der Waals surface area contributed by atoms with Gasteiger partial charge in [-0.05, 0) is 0 Å². The Morgan fingerprint density at radius 2 is 1.10 bits per heavy atom. The van der Waals surface area contributed by atoms with E-state index in [0.29, 0.717) is 18.0 Å². The van der Waals surface area contributed by atoms with Crippen LogP contribution in [0.5, 0.6) is 0 Å². The van der Waals surface area contributed by atoms with E-state index in [2.05, 4.69) is 85.7 Å². The molecule has 29 heavy (non-hydrogen) atoms. The van der Waals surface area contributed by atoms with Crippen LogP contribution in [0.15, 0.2) is 70.3 Å². The third-order valence-electron chi connectivity index (χ3n) is 7.25. The van der Waals surface area contributed by atoms with Gasteiger partial charge in [-0.3, -0.25) is 0 Å². The summed E-state index contributed by atoms with van der Waals surface area (Å²) < 4.78 is 3.84. The summed E-state index contributed by atoms with van der Waals surface area (Å²) in [6.07, 6.45) is 0.488. The molecule has 1 aromatic rings. The molecule has 0 nitrogen and oxygen atoms in total. The van der Waals surface area contributed by atoms with Gasteiger partial charge in [0, 0.05) is 0 Å². The smallest absolute Gasteiger partial charge is 1.00 e. The second-order valence-corrected chi connectivity index (χ2v) is 20.4. The van der Waals surface area contributed by atoms with Crippen molar-refractivity contribution in [3.05, 3.63) is 75.9 Å². The molecular weight excluding hydrogens is 490 g/mol. The number of allylic oxidation sites excluding steroid dienone is 8. The molecule has 0 fully saturated rings. The largest absolute Gasteiger partial charge is 1.00 e. The molecule has 4 heteroatoms. The van der Waals surface area contributed by atoms with E-state index in [9.17, 15) is 0 Å². The summed E-state index contributed by atoms with van der Waals surface area (Å²) in [4.78, 5) is 0. The summed E-state index contributed by atoms with van der Waals surface area (Å²) in [5.74, 6) is 1.35. The number of halogens is 2. The molecule has 0 aromatic heterocycles. The van der Waals surface area contributed by atoms with Crippen LogP contribution in [0.25, 0.3) is 0 Å². The number of hydrogen-bond acceptors (Lipinski definition) is 0. The first-order valence-corrected chi connectivity index (χ1v) is 18.4. The molecule has 0 saturated heterocycles. The van der Waals surface area contributed by atoms with Crippen LogP contribution >= 0.6 is 0 Å². The molecule has 2 aliphatic rings. The summed E-state index contributed by atoms with van der Waals surface area (Å²) in [5, 5.41) is 0. The standard InChI is InChI=1S/2C9H13.C7H8Si.2ClH.Zr/c2*1-6-5-7(2)9(4)8(6)3;8-6-7-4-2-1-3-5-7;;;/h2*6H,1-4H3;1-5,8H,6H2;2*1H;/q;;;;;+2/p-2. The Balaban J connectivity index is 0.00000210. The normalized spacial score (nSPS) is 21.2. The zero-order valence-corrected chi connectivity index (χ0v) is 24.2. The van der Waals surface area contributed by atoms with Crippen molar-refractivity contribution in [1.29, 1.82) is 0 Å². The Morgan fingerprint density at radius 3 is 1.45 bits per heavy atom. The molecular formula is C25H34Cl2SiZr. The number of rotatable bonds is 4. The Morgan fingerprint density at radius 1 is 0.690 bits per heavy atom. The predicted molar refractivity (Wildman–Crippen MR) is 118 cm³/mol. The molecule has 0 radical (unpaired) electrons. The fourth-order valence-corrected chi connectivity index (χ4v) is 24.9. The predicted octanol–water partition coefficient (Wildman–Crippen LogP) is 0.685. The minimum Gasteiger partial charge on any atom is -1.00 e. The van der Waals surface area contributed by atoms with E-state index in [1.165, 1.54) is 6.04 Å². The first-order chi connectivity index (χ1) is 12.8. The fraction of sp³-hybridized carbons (Fsp3) is 0.440. The van der Waals surface area contributed by atoms with E-state index in [0.717, 1.165) is 0 Å². The van der Waals surface area contributed by atoms with Crippen LogP contribution in [-0.2, 0) is 26.4 Å². The van der Waals surface area contributed by atoms with E-state index >= 15 is 0 Å². The van der Waals surface area contributed by atoms with E-state index < -0.39 is 20.4 Å². The van der Waals surface area contributed by atoms with Crippen LogP contribution in [0.2, 0.25) is 0 Å². The summed E-state index contributed by atoms with van der Waals surface area (Å²) >= 11 is -1.87. The molecule has 0 amide bonds. The molecule has 1 aromatic carbocycles. The number of hydrogen-bond donors (Lipinski definition) is 0. The van der Waals surface area contributed by atoms with Gasteiger partial charge in [0.2, 0.25) is 0 Å². The van der Waals surface area contributed by atoms with Crippen LogP contribution < -0.4 is 24.8 Å². The summed E-state index contributed by atoms with van der Waals surface area (Å²) in [6.45, 7) is 19.3. The minimum absolute atomic E-state index is 0. The SMILES string of the molecule is CC1=C(C)C(C)[C]([Zr+2](=[SiH]Cc2ccccc2)[C]2=C(C)C(C)=C(C)C2C)=C1C.[Cl-].[Cl-]. The number of benzene rings is 1. The molecule has 156 valence electrons. The van der Waals surface area contributed by atoms with E-state index in [-0.39, 0.29) is 24.8 Å². The van der Waals surface area contributed by atoms with Gasteiger partial charge in [-0.25, -0.2) is 0 Å². The van der Waals surface area contributed by atoms with Gasteiger partial charge in [0.15, 0.2) is 0 Å². The van der Waals surface area contributed by atoms with Crippen LogP contribution in [0.4, 0.5) is 0 Å². The Kier molecular flexibility index (Phi) is 10.1. The van der Waals surface area contributed by atoms with Crippen molar-refractivity contribution in [3.63, 3.8) is 0 Å². The molecule has 2 atom stereocenters. The summed E-state index contributed by atoms with van der Waals surface area (Å²) in [6, 6.07) is 12.5. The van der Waals surface area contributed by atoms with Gasteiger partial charge in [-0.1, -0.05) is 0 Å². The van der Waals surface area contributed by atoms with Crippen molar-refractivity contribution in [3.8, 4) is 0 Å². The second kappa shape index (κ2) is 10.9. The van der Waals surface area contributed by atoms with Gasteiger partial charge in [-0.2, -0.15) is 0 Å². The Bertz CT molecular complexity index is 879. The minimum atomic E-state index is -1.87. The molecule has 0 spiro atoms. The van der Waals surface area contributed by atoms with Crippen molar-refractivity contribution < 1.29 is 45.2 Å². The fourth-order valence-electron chi connectivity index (χ4n) is 4.80. The third kappa shape index (κ3) is 5.03. The maximum Gasteiger partial charge on any atom is -1.00 e. The first kappa shape index (κ1) is 26.9. The van der Waals surface area contributed by atoms with Gasteiger partial charge in [0.1, 0.15) is 0 Å². The molecule has 0 heterocycles. The van der Waals surface area contributed by atoms with Gasteiger partial charge in [0.05, 0.1) is 0 Å². The van der Waals surface area contributed by atoms with E-state index in [1.807, 2.05) is 6.56 Å². The third-order valence-corrected chi connectivity index (χ3v) is 23.4. The van der Waals surface area contributed by atoms with E-state index in [1.54, 1.807) is 39.0 Å². The summed E-state index contributed by atoms with van der Waals surface area (Å²) in [5.41, 5.74) is 11.3. The first-order valence-electron chi connectivity index (χ1n) is 10.3. The van der Waals surface area contributed by atoms with Crippen LogP contribution in [0.3, 0.4) is 0 Å². The van der Waals surface area contributed by atoms with Gasteiger partial charge >= 0.3 is 176 Å². The zero-order valence-electron chi connectivity index (χ0n) is 19.1. The average molecular weight is 525 g/mol. The molecule has 0 saturated carbocycles. The van der Waals surface area contributed by atoms with Gasteiger partial charge in [0.25, 0.3) is 0 Å². The topological polar surface area (TPSA) is 0 Å². The monoisotopic (exact) mass is 522 g/mol. The van der Waals surface area contributed by atoms with Crippen molar-refractivity contribution >= 4 is 6.16 Å². The molecule has 0 aliphatic heterocycles. The van der Waals surface area contributed by atoms with Crippen LogP contribution in [0, 0.1) is 11.8 Å². The van der Waals surface area contributed by atoms with Gasteiger partial charge in [-0.15, -0.1) is 0 Å². The Labute approximate surface area is 199 Å². The van der Waals surface area contributed by atoms with Crippen LogP contribution in [0.1, 0.15) is 61.0 Å². The summed E-state index contributed by atoms with van der Waals surface area (Å²) in [7, 11) is 0.